The van der Waals surface area contributed by atoms with E-state index in [2.05, 4.69) is 5.32 Å². The minimum atomic E-state index is -0.761. The van der Waals surface area contributed by atoms with Gasteiger partial charge in [-0.15, -0.1) is 0 Å². The Balaban J connectivity index is 1.48. The normalized spacial score (nSPS) is 24.8. The van der Waals surface area contributed by atoms with Crippen molar-refractivity contribution >= 4 is 29.3 Å². The molecule has 1 unspecified atom stereocenters. The van der Waals surface area contributed by atoms with E-state index >= 15 is 0 Å². The largest absolute Gasteiger partial charge is 0.486 e. The minimum absolute atomic E-state index is 0.112. The molecule has 1 N–H and O–H groups in total. The summed E-state index contributed by atoms with van der Waals surface area (Å²) in [5.41, 5.74) is -0.104. The molecule has 2 saturated heterocycles. The van der Waals surface area contributed by atoms with Crippen LogP contribution in [0.1, 0.15) is 18.4 Å². The lowest BCUT2D eigenvalue weighted by Crippen LogP contribution is -2.37. The fourth-order valence-corrected chi connectivity index (χ4v) is 3.84. The third kappa shape index (κ3) is 2.82. The highest BCUT2D eigenvalue weighted by Gasteiger charge is 2.51. The van der Waals surface area contributed by atoms with Crippen LogP contribution in [0, 0.1) is 5.41 Å². The molecule has 0 bridgehead atoms. The first-order valence-corrected chi connectivity index (χ1v) is 8.55. The molecular formula is C17H17ClN2O5. The van der Waals surface area contributed by atoms with E-state index in [0.717, 1.165) is 0 Å². The molecule has 0 aromatic heterocycles. The molecule has 25 heavy (non-hydrogen) atoms. The van der Waals surface area contributed by atoms with Crippen molar-refractivity contribution < 1.29 is 23.9 Å². The van der Waals surface area contributed by atoms with Gasteiger partial charge in [-0.1, -0.05) is 11.6 Å². The second-order valence-electron chi connectivity index (χ2n) is 6.66. The molecule has 3 aliphatic rings. The predicted octanol–water partition coefficient (Wildman–Crippen LogP) is 0.919. The van der Waals surface area contributed by atoms with E-state index in [0.29, 0.717) is 48.3 Å². The van der Waals surface area contributed by atoms with Gasteiger partial charge in [0, 0.05) is 30.6 Å². The van der Waals surface area contributed by atoms with Gasteiger partial charge in [0.1, 0.15) is 13.2 Å². The Bertz CT molecular complexity index is 781. The predicted molar refractivity (Wildman–Crippen MR) is 87.5 cm³/mol. The van der Waals surface area contributed by atoms with Gasteiger partial charge in [0.05, 0.1) is 11.8 Å². The molecule has 0 radical (unpaired) electrons. The van der Waals surface area contributed by atoms with Crippen molar-refractivity contribution in [2.24, 2.45) is 5.41 Å². The van der Waals surface area contributed by atoms with Crippen LogP contribution in [0.4, 0.5) is 0 Å². The van der Waals surface area contributed by atoms with E-state index in [9.17, 15) is 14.4 Å². The lowest BCUT2D eigenvalue weighted by atomic mass is 9.85. The Morgan fingerprint density at radius 2 is 1.96 bits per heavy atom. The number of halogens is 1. The summed E-state index contributed by atoms with van der Waals surface area (Å²) in [6, 6.07) is 3.39. The van der Waals surface area contributed by atoms with Gasteiger partial charge < -0.3 is 14.4 Å². The fraction of sp³-hybridized carbons (Fsp3) is 0.471. The van der Waals surface area contributed by atoms with Gasteiger partial charge >= 0.3 is 0 Å². The first-order chi connectivity index (χ1) is 12.0. The van der Waals surface area contributed by atoms with Gasteiger partial charge in [-0.25, -0.2) is 0 Å². The lowest BCUT2D eigenvalue weighted by molar-refractivity contribution is -0.131. The second-order valence-corrected chi connectivity index (χ2v) is 7.07. The summed E-state index contributed by atoms with van der Waals surface area (Å²) < 4.78 is 11.0. The van der Waals surface area contributed by atoms with E-state index < -0.39 is 5.41 Å². The summed E-state index contributed by atoms with van der Waals surface area (Å²) in [5.74, 6) is 0.493. The summed E-state index contributed by atoms with van der Waals surface area (Å²) in [5, 5.41) is 2.78. The van der Waals surface area contributed by atoms with Crippen molar-refractivity contribution in [1.29, 1.82) is 0 Å². The Morgan fingerprint density at radius 3 is 2.64 bits per heavy atom. The molecule has 1 atom stereocenters. The molecule has 0 saturated carbocycles. The number of carbonyl (C=O) groups is 3. The average Bonchev–Trinajstić information content (AvgIpc) is 3.12. The zero-order valence-corrected chi connectivity index (χ0v) is 14.2. The number of rotatable bonds is 2. The van der Waals surface area contributed by atoms with Crippen molar-refractivity contribution in [2.45, 2.75) is 19.3 Å². The van der Waals surface area contributed by atoms with Crippen molar-refractivity contribution in [2.75, 3.05) is 26.3 Å². The Kier molecular flexibility index (Phi) is 3.83. The second kappa shape index (κ2) is 5.91. The quantitative estimate of drug-likeness (QED) is 0.789. The highest BCUT2D eigenvalue weighted by molar-refractivity contribution is 6.31. The smallest absolute Gasteiger partial charge is 0.235 e. The summed E-state index contributed by atoms with van der Waals surface area (Å²) in [6.45, 7) is 1.66. The molecule has 4 rings (SSSR count). The maximum atomic E-state index is 12.6. The summed E-state index contributed by atoms with van der Waals surface area (Å²) in [7, 11) is 0. The number of benzene rings is 1. The molecule has 3 aliphatic heterocycles. The van der Waals surface area contributed by atoms with Gasteiger partial charge in [-0.2, -0.15) is 0 Å². The molecule has 2 fully saturated rings. The van der Waals surface area contributed by atoms with Crippen molar-refractivity contribution in [3.63, 3.8) is 0 Å². The third-order valence-electron chi connectivity index (χ3n) is 4.99. The minimum Gasteiger partial charge on any atom is -0.486 e. The zero-order chi connectivity index (χ0) is 17.6. The topological polar surface area (TPSA) is 84.9 Å². The number of amides is 3. The molecule has 1 spiro atoms. The molecule has 1 aromatic rings. The van der Waals surface area contributed by atoms with Crippen LogP contribution in [-0.4, -0.2) is 48.9 Å². The lowest BCUT2D eigenvalue weighted by Gasteiger charge is -2.22. The number of nitrogens with zero attached hydrogens (tertiary/aromatic N) is 1. The van der Waals surface area contributed by atoms with Gasteiger partial charge in [-0.05, 0) is 18.1 Å². The van der Waals surface area contributed by atoms with E-state index in [1.54, 1.807) is 17.0 Å². The molecule has 132 valence electrons. The maximum Gasteiger partial charge on any atom is 0.235 e. The Morgan fingerprint density at radius 1 is 1.24 bits per heavy atom. The molecule has 3 amide bonds. The highest BCUT2D eigenvalue weighted by atomic mass is 35.5. The third-order valence-corrected chi connectivity index (χ3v) is 5.34. The summed E-state index contributed by atoms with van der Waals surface area (Å²) in [6.07, 6.45) is 0.771. The van der Waals surface area contributed by atoms with Crippen LogP contribution in [0.2, 0.25) is 5.02 Å². The van der Waals surface area contributed by atoms with Crippen LogP contribution in [-0.2, 0) is 20.8 Å². The van der Waals surface area contributed by atoms with Crippen LogP contribution in [0.25, 0.3) is 0 Å². The van der Waals surface area contributed by atoms with Crippen molar-refractivity contribution in [3.05, 3.63) is 22.7 Å². The number of likely N-dealkylation sites (tertiary alicyclic amines) is 1. The van der Waals surface area contributed by atoms with Gasteiger partial charge in [0.2, 0.25) is 17.7 Å². The van der Waals surface area contributed by atoms with Crippen LogP contribution in [0.3, 0.4) is 0 Å². The summed E-state index contributed by atoms with van der Waals surface area (Å²) in [4.78, 5) is 37.8. The van der Waals surface area contributed by atoms with E-state index in [1.165, 1.54) is 0 Å². The number of hydrogen-bond acceptors (Lipinski definition) is 5. The first-order valence-electron chi connectivity index (χ1n) is 8.17. The number of hydrogen-bond donors (Lipinski definition) is 1. The number of ether oxygens (including phenoxy) is 2. The zero-order valence-electron chi connectivity index (χ0n) is 13.5. The molecular weight excluding hydrogens is 348 g/mol. The van der Waals surface area contributed by atoms with E-state index in [1.807, 2.05) is 0 Å². The Labute approximate surface area is 149 Å². The van der Waals surface area contributed by atoms with Crippen LogP contribution in [0.15, 0.2) is 12.1 Å². The van der Waals surface area contributed by atoms with Gasteiger partial charge in [-0.3, -0.25) is 19.7 Å². The van der Waals surface area contributed by atoms with Gasteiger partial charge in [0.25, 0.3) is 0 Å². The van der Waals surface area contributed by atoms with Crippen molar-refractivity contribution in [1.82, 2.24) is 10.2 Å². The first kappa shape index (κ1) is 16.2. The molecule has 8 heteroatoms. The molecule has 0 aliphatic carbocycles. The summed E-state index contributed by atoms with van der Waals surface area (Å²) >= 11 is 6.26. The number of carbonyl (C=O) groups excluding carboxylic acids is 3. The molecule has 1 aromatic carbocycles. The van der Waals surface area contributed by atoms with E-state index in [-0.39, 0.29) is 37.1 Å². The van der Waals surface area contributed by atoms with Crippen LogP contribution in [0.5, 0.6) is 11.5 Å². The monoisotopic (exact) mass is 364 g/mol. The number of nitrogens with one attached hydrogen (secondary N) is 1. The molecule has 3 heterocycles. The number of imide groups is 1. The fourth-order valence-electron chi connectivity index (χ4n) is 3.62. The maximum absolute atomic E-state index is 12.6. The van der Waals surface area contributed by atoms with Crippen LogP contribution >= 0.6 is 11.6 Å². The SMILES string of the molecule is O=C1CC2(CCN(C(=O)Cc3cc4c(cc3Cl)OCCO4)C2)C(=O)N1. The van der Waals surface area contributed by atoms with Gasteiger partial charge in [0.15, 0.2) is 11.5 Å². The average molecular weight is 365 g/mol. The Hall–Kier alpha value is -2.28. The standard InChI is InChI=1S/C17H17ClN2O5/c18-11-7-13-12(24-3-4-25-13)5-10(11)6-15(22)20-2-1-17(9-20)8-14(21)19-16(17)23/h5,7H,1-4,6,8-9H2,(H,19,21,23). The highest BCUT2D eigenvalue weighted by Crippen LogP contribution is 2.39. The van der Waals surface area contributed by atoms with Crippen molar-refractivity contribution in [3.8, 4) is 11.5 Å². The number of fused-ring (bicyclic) bond motifs is 1. The van der Waals surface area contributed by atoms with E-state index in [4.69, 9.17) is 21.1 Å². The van der Waals surface area contributed by atoms with Crippen LogP contribution < -0.4 is 14.8 Å². The molecule has 7 nitrogen and oxygen atoms in total.